The molecule has 0 saturated heterocycles. The van der Waals surface area contributed by atoms with Crippen LogP contribution >= 0.6 is 0 Å². The van der Waals surface area contributed by atoms with Crippen LogP contribution in [0.1, 0.15) is 21.5 Å². The average Bonchev–Trinajstić information content (AvgIpc) is 2.55. The van der Waals surface area contributed by atoms with Crippen molar-refractivity contribution in [2.24, 2.45) is 0 Å². The lowest BCUT2D eigenvalue weighted by molar-refractivity contribution is -0.384. The Labute approximate surface area is 138 Å². The van der Waals surface area contributed by atoms with Crippen LogP contribution in [0.5, 0.6) is 5.75 Å². The molecular weight excluding hydrogens is 315 g/mol. The van der Waals surface area contributed by atoms with Gasteiger partial charge in [-0.1, -0.05) is 6.07 Å². The van der Waals surface area contributed by atoms with Crippen LogP contribution in [0.2, 0.25) is 0 Å². The number of hydrogen-bond donors (Lipinski definition) is 1. The molecular formula is C17H17FN2O4. The van der Waals surface area contributed by atoms with E-state index in [1.165, 1.54) is 31.4 Å². The fraction of sp³-hybridized carbons (Fsp3) is 0.235. The monoisotopic (exact) mass is 332 g/mol. The summed E-state index contributed by atoms with van der Waals surface area (Å²) in [6.45, 7) is 1.88. The number of nitrogens with one attached hydrogen (secondary N) is 1. The van der Waals surface area contributed by atoms with Crippen molar-refractivity contribution in [3.8, 4) is 5.75 Å². The molecule has 1 N–H and O–H groups in total. The van der Waals surface area contributed by atoms with Crippen molar-refractivity contribution in [2.75, 3.05) is 13.7 Å². The van der Waals surface area contributed by atoms with Crippen LogP contribution < -0.4 is 10.1 Å². The minimum absolute atomic E-state index is 0.0654. The number of nitrogens with zero attached hydrogens (tertiary/aromatic N) is 1. The van der Waals surface area contributed by atoms with E-state index in [1.807, 2.05) is 0 Å². The van der Waals surface area contributed by atoms with Crippen molar-refractivity contribution in [3.63, 3.8) is 0 Å². The van der Waals surface area contributed by atoms with Crippen LogP contribution in [0.4, 0.5) is 10.1 Å². The third kappa shape index (κ3) is 4.07. The Morgan fingerprint density at radius 1 is 1.29 bits per heavy atom. The third-order valence-corrected chi connectivity index (χ3v) is 3.61. The smallest absolute Gasteiger partial charge is 0.269 e. The van der Waals surface area contributed by atoms with E-state index in [4.69, 9.17) is 4.74 Å². The van der Waals surface area contributed by atoms with Gasteiger partial charge in [0.25, 0.3) is 11.6 Å². The van der Waals surface area contributed by atoms with Crippen LogP contribution in [0.25, 0.3) is 0 Å². The molecule has 0 aliphatic rings. The molecule has 0 fully saturated rings. The molecule has 0 aliphatic carbocycles. The van der Waals surface area contributed by atoms with E-state index in [2.05, 4.69) is 5.32 Å². The fourth-order valence-electron chi connectivity index (χ4n) is 2.28. The standard InChI is InChI=1S/C17H17FN2O4/c1-11-9-13(20(22)23)4-6-15(11)17(21)19-8-7-12-3-5-14(24-2)10-16(12)18/h3-6,9-10H,7-8H2,1-2H3,(H,19,21). The second-order valence-electron chi connectivity index (χ2n) is 5.22. The molecule has 0 bridgehead atoms. The van der Waals surface area contributed by atoms with Crippen molar-refractivity contribution in [1.29, 1.82) is 0 Å². The molecule has 2 aromatic carbocycles. The number of amides is 1. The van der Waals surface area contributed by atoms with Crippen molar-refractivity contribution in [3.05, 3.63) is 69.0 Å². The Morgan fingerprint density at radius 2 is 2.04 bits per heavy atom. The summed E-state index contributed by atoms with van der Waals surface area (Å²) >= 11 is 0. The van der Waals surface area contributed by atoms with Gasteiger partial charge in [0.1, 0.15) is 11.6 Å². The molecule has 0 aromatic heterocycles. The van der Waals surface area contributed by atoms with Crippen LogP contribution in [0, 0.1) is 22.9 Å². The van der Waals surface area contributed by atoms with Crippen LogP contribution in [-0.4, -0.2) is 24.5 Å². The first-order valence-electron chi connectivity index (χ1n) is 7.28. The molecule has 126 valence electrons. The van der Waals surface area contributed by atoms with Gasteiger partial charge in [-0.2, -0.15) is 0 Å². The number of carbonyl (C=O) groups is 1. The zero-order valence-corrected chi connectivity index (χ0v) is 13.3. The quantitative estimate of drug-likeness (QED) is 0.651. The Hall–Kier alpha value is -2.96. The van der Waals surface area contributed by atoms with Gasteiger partial charge in [0.05, 0.1) is 12.0 Å². The van der Waals surface area contributed by atoms with Gasteiger partial charge >= 0.3 is 0 Å². The summed E-state index contributed by atoms with van der Waals surface area (Å²) in [6.07, 6.45) is 0.327. The van der Waals surface area contributed by atoms with Gasteiger partial charge in [-0.15, -0.1) is 0 Å². The minimum Gasteiger partial charge on any atom is -0.497 e. The number of hydrogen-bond acceptors (Lipinski definition) is 4. The maximum atomic E-state index is 13.8. The summed E-state index contributed by atoms with van der Waals surface area (Å²) in [5.74, 6) is -0.312. The second-order valence-corrected chi connectivity index (χ2v) is 5.22. The molecule has 0 aliphatic heterocycles. The van der Waals surface area contributed by atoms with E-state index in [0.717, 1.165) is 0 Å². The summed E-state index contributed by atoms with van der Waals surface area (Å²) in [5, 5.41) is 13.4. The third-order valence-electron chi connectivity index (χ3n) is 3.61. The first-order valence-corrected chi connectivity index (χ1v) is 7.28. The van der Waals surface area contributed by atoms with E-state index >= 15 is 0 Å². The van der Waals surface area contributed by atoms with Gasteiger partial charge in [-0.25, -0.2) is 4.39 Å². The van der Waals surface area contributed by atoms with E-state index in [-0.39, 0.29) is 18.1 Å². The normalized spacial score (nSPS) is 10.3. The van der Waals surface area contributed by atoms with Crippen molar-refractivity contribution >= 4 is 11.6 Å². The van der Waals surface area contributed by atoms with Crippen LogP contribution in [0.3, 0.4) is 0 Å². The first-order chi connectivity index (χ1) is 11.4. The lowest BCUT2D eigenvalue weighted by Crippen LogP contribution is -2.26. The SMILES string of the molecule is COc1ccc(CCNC(=O)c2ccc([N+](=O)[O-])cc2C)c(F)c1. The predicted molar refractivity (Wildman–Crippen MR) is 86.8 cm³/mol. The molecule has 0 atom stereocenters. The molecule has 0 saturated carbocycles. The summed E-state index contributed by atoms with van der Waals surface area (Å²) in [5.41, 5.74) is 1.27. The van der Waals surface area contributed by atoms with Crippen LogP contribution in [-0.2, 0) is 6.42 Å². The van der Waals surface area contributed by atoms with Crippen molar-refractivity contribution < 1.29 is 18.8 Å². The van der Waals surface area contributed by atoms with Gasteiger partial charge in [-0.05, 0) is 36.6 Å². The number of aryl methyl sites for hydroxylation is 1. The maximum Gasteiger partial charge on any atom is 0.269 e. The molecule has 0 spiro atoms. The highest BCUT2D eigenvalue weighted by molar-refractivity contribution is 5.95. The van der Waals surface area contributed by atoms with E-state index in [0.29, 0.717) is 28.9 Å². The summed E-state index contributed by atoms with van der Waals surface area (Å²) in [4.78, 5) is 22.3. The van der Waals surface area contributed by atoms with Gasteiger partial charge in [-0.3, -0.25) is 14.9 Å². The number of non-ortho nitro benzene ring substituents is 1. The molecule has 0 unspecified atom stereocenters. The zero-order chi connectivity index (χ0) is 17.7. The summed E-state index contributed by atoms with van der Waals surface area (Å²) < 4.78 is 18.7. The molecule has 6 nitrogen and oxygen atoms in total. The van der Waals surface area contributed by atoms with Crippen molar-refractivity contribution in [2.45, 2.75) is 13.3 Å². The number of ether oxygens (including phenoxy) is 1. The number of carbonyl (C=O) groups excluding carboxylic acids is 1. The summed E-state index contributed by atoms with van der Waals surface area (Å²) in [7, 11) is 1.46. The van der Waals surface area contributed by atoms with Crippen LogP contribution in [0.15, 0.2) is 36.4 Å². The Bertz CT molecular complexity index is 777. The number of nitro groups is 1. The molecule has 2 rings (SSSR count). The first kappa shape index (κ1) is 17.4. The maximum absolute atomic E-state index is 13.8. The second kappa shape index (κ2) is 7.54. The molecule has 7 heteroatoms. The van der Waals surface area contributed by atoms with Crippen molar-refractivity contribution in [1.82, 2.24) is 5.32 Å². The molecule has 1 amide bonds. The van der Waals surface area contributed by atoms with Gasteiger partial charge in [0.2, 0.25) is 0 Å². The lowest BCUT2D eigenvalue weighted by Gasteiger charge is -2.09. The van der Waals surface area contributed by atoms with Gasteiger partial charge < -0.3 is 10.1 Å². The zero-order valence-electron chi connectivity index (χ0n) is 13.3. The lowest BCUT2D eigenvalue weighted by atomic mass is 10.1. The largest absolute Gasteiger partial charge is 0.497 e. The molecule has 2 aromatic rings. The number of halogens is 1. The number of benzene rings is 2. The van der Waals surface area contributed by atoms with E-state index in [1.54, 1.807) is 19.1 Å². The van der Waals surface area contributed by atoms with Gasteiger partial charge in [0, 0.05) is 30.3 Å². The number of rotatable bonds is 6. The number of nitro benzene ring substituents is 1. The summed E-state index contributed by atoms with van der Waals surface area (Å²) in [6, 6.07) is 8.59. The van der Waals surface area contributed by atoms with E-state index in [9.17, 15) is 19.3 Å². The molecule has 24 heavy (non-hydrogen) atoms. The minimum atomic E-state index is -0.513. The Balaban J connectivity index is 1.97. The van der Waals surface area contributed by atoms with E-state index < -0.39 is 10.7 Å². The Morgan fingerprint density at radius 3 is 2.62 bits per heavy atom. The highest BCUT2D eigenvalue weighted by Gasteiger charge is 2.13. The highest BCUT2D eigenvalue weighted by Crippen LogP contribution is 2.18. The highest BCUT2D eigenvalue weighted by atomic mass is 19.1. The molecule has 0 radical (unpaired) electrons. The van der Waals surface area contributed by atoms with Gasteiger partial charge in [0.15, 0.2) is 0 Å². The topological polar surface area (TPSA) is 81.5 Å². The predicted octanol–water partition coefficient (Wildman–Crippen LogP) is 3.02. The average molecular weight is 332 g/mol. The molecule has 0 heterocycles. The number of methoxy groups -OCH3 is 1. The fourth-order valence-corrected chi connectivity index (χ4v) is 2.28. The Kier molecular flexibility index (Phi) is 5.47.